The standard InChI is InChI=1S/C9H7NO4/c1-12-8(11)9(5-10)7(14-9)6-2-3-13-4-6/h2-4,7H,1H3. The summed E-state index contributed by atoms with van der Waals surface area (Å²) in [4.78, 5) is 11.2. The van der Waals surface area contributed by atoms with Gasteiger partial charge in [-0.1, -0.05) is 0 Å². The molecule has 1 saturated heterocycles. The van der Waals surface area contributed by atoms with Crippen molar-refractivity contribution in [2.75, 3.05) is 7.11 Å². The zero-order valence-electron chi connectivity index (χ0n) is 7.39. The highest BCUT2D eigenvalue weighted by molar-refractivity contribution is 5.87. The summed E-state index contributed by atoms with van der Waals surface area (Å²) in [5.74, 6) is -0.675. The quantitative estimate of drug-likeness (QED) is 0.512. The minimum Gasteiger partial charge on any atom is -0.472 e. The number of epoxide rings is 1. The molecule has 0 N–H and O–H groups in total. The molecule has 0 amide bonds. The van der Waals surface area contributed by atoms with Gasteiger partial charge in [0.2, 0.25) is 0 Å². The summed E-state index contributed by atoms with van der Waals surface area (Å²) in [5.41, 5.74) is -0.810. The summed E-state index contributed by atoms with van der Waals surface area (Å²) >= 11 is 0. The summed E-state index contributed by atoms with van der Waals surface area (Å²) in [6.07, 6.45) is 2.32. The van der Waals surface area contributed by atoms with Crippen molar-refractivity contribution in [2.24, 2.45) is 0 Å². The van der Waals surface area contributed by atoms with E-state index in [9.17, 15) is 4.79 Å². The molecule has 0 spiro atoms. The molecular weight excluding hydrogens is 186 g/mol. The fraction of sp³-hybridized carbons (Fsp3) is 0.333. The molecule has 0 aliphatic carbocycles. The first-order chi connectivity index (χ1) is 6.74. The lowest BCUT2D eigenvalue weighted by molar-refractivity contribution is -0.144. The van der Waals surface area contributed by atoms with Crippen molar-refractivity contribution < 1.29 is 18.7 Å². The molecule has 2 unspecified atom stereocenters. The lowest BCUT2D eigenvalue weighted by atomic mass is 10.0. The molecule has 2 heterocycles. The maximum atomic E-state index is 11.2. The smallest absolute Gasteiger partial charge is 0.356 e. The predicted octanol–water partition coefficient (Wildman–Crippen LogP) is 0.786. The molecule has 5 heteroatoms. The van der Waals surface area contributed by atoms with Gasteiger partial charge in [0.15, 0.2) is 0 Å². The highest BCUT2D eigenvalue weighted by Crippen LogP contribution is 2.50. The van der Waals surface area contributed by atoms with Crippen LogP contribution in [0.2, 0.25) is 0 Å². The van der Waals surface area contributed by atoms with E-state index in [0.717, 1.165) is 0 Å². The van der Waals surface area contributed by atoms with E-state index in [2.05, 4.69) is 4.74 Å². The molecule has 1 aliphatic heterocycles. The van der Waals surface area contributed by atoms with E-state index in [-0.39, 0.29) is 0 Å². The number of nitrogens with zero attached hydrogens (tertiary/aromatic N) is 1. The minimum atomic E-state index is -1.47. The Morgan fingerprint density at radius 3 is 3.07 bits per heavy atom. The van der Waals surface area contributed by atoms with Crippen LogP contribution in [-0.2, 0) is 14.3 Å². The molecule has 5 nitrogen and oxygen atoms in total. The van der Waals surface area contributed by atoms with Gasteiger partial charge in [-0.15, -0.1) is 0 Å². The van der Waals surface area contributed by atoms with Crippen LogP contribution in [0, 0.1) is 11.3 Å². The van der Waals surface area contributed by atoms with Gasteiger partial charge in [-0.25, -0.2) is 4.79 Å². The third kappa shape index (κ3) is 1.01. The van der Waals surface area contributed by atoms with Gasteiger partial charge in [0.25, 0.3) is 5.60 Å². The van der Waals surface area contributed by atoms with Gasteiger partial charge in [-0.3, -0.25) is 0 Å². The molecule has 1 aliphatic rings. The number of methoxy groups -OCH3 is 1. The van der Waals surface area contributed by atoms with Crippen molar-refractivity contribution >= 4 is 5.97 Å². The molecule has 72 valence electrons. The SMILES string of the molecule is COC(=O)C1(C#N)OC1c1ccoc1. The number of rotatable bonds is 2. The van der Waals surface area contributed by atoms with Gasteiger partial charge in [0.05, 0.1) is 19.6 Å². The second-order valence-corrected chi connectivity index (χ2v) is 2.89. The average Bonchev–Trinajstić information content (AvgIpc) is 2.72. The zero-order valence-corrected chi connectivity index (χ0v) is 7.39. The summed E-state index contributed by atoms with van der Waals surface area (Å²) in [6.45, 7) is 0. The van der Waals surface area contributed by atoms with Crippen LogP contribution in [0.4, 0.5) is 0 Å². The van der Waals surface area contributed by atoms with Crippen molar-refractivity contribution in [2.45, 2.75) is 11.7 Å². The normalized spacial score (nSPS) is 29.3. The number of ether oxygens (including phenoxy) is 2. The lowest BCUT2D eigenvalue weighted by Crippen LogP contribution is -2.24. The van der Waals surface area contributed by atoms with E-state index in [1.807, 2.05) is 0 Å². The third-order valence-corrected chi connectivity index (χ3v) is 2.12. The number of esters is 1. The molecule has 1 aromatic heterocycles. The molecule has 0 bridgehead atoms. The van der Waals surface area contributed by atoms with Crippen molar-refractivity contribution in [1.82, 2.24) is 0 Å². The molecule has 1 fully saturated rings. The first-order valence-corrected chi connectivity index (χ1v) is 3.94. The monoisotopic (exact) mass is 193 g/mol. The molecular formula is C9H7NO4. The van der Waals surface area contributed by atoms with Gasteiger partial charge in [0, 0.05) is 5.56 Å². The zero-order chi connectivity index (χ0) is 10.2. The Labute approximate surface area is 79.8 Å². The van der Waals surface area contributed by atoms with Crippen molar-refractivity contribution in [3.05, 3.63) is 24.2 Å². The highest BCUT2D eigenvalue weighted by atomic mass is 16.7. The third-order valence-electron chi connectivity index (χ3n) is 2.12. The van der Waals surface area contributed by atoms with Gasteiger partial charge >= 0.3 is 5.97 Å². The Morgan fingerprint density at radius 2 is 2.57 bits per heavy atom. The van der Waals surface area contributed by atoms with Crippen molar-refractivity contribution in [3.8, 4) is 6.07 Å². The van der Waals surface area contributed by atoms with Crippen LogP contribution in [-0.4, -0.2) is 18.7 Å². The highest BCUT2D eigenvalue weighted by Gasteiger charge is 2.66. The van der Waals surface area contributed by atoms with E-state index in [1.54, 1.807) is 12.1 Å². The Morgan fingerprint density at radius 1 is 1.79 bits per heavy atom. The first kappa shape index (κ1) is 8.78. The molecule has 14 heavy (non-hydrogen) atoms. The molecule has 0 radical (unpaired) electrons. The summed E-state index contributed by atoms with van der Waals surface area (Å²) in [5, 5.41) is 8.82. The maximum Gasteiger partial charge on any atom is 0.356 e. The Kier molecular flexibility index (Phi) is 1.79. The van der Waals surface area contributed by atoms with Crippen LogP contribution in [0.1, 0.15) is 11.7 Å². The molecule has 0 aromatic carbocycles. The first-order valence-electron chi connectivity index (χ1n) is 3.94. The fourth-order valence-electron chi connectivity index (χ4n) is 1.32. The summed E-state index contributed by atoms with van der Waals surface area (Å²) in [7, 11) is 1.22. The fourth-order valence-corrected chi connectivity index (χ4v) is 1.32. The molecule has 1 aromatic rings. The van der Waals surface area contributed by atoms with Crippen molar-refractivity contribution in [1.29, 1.82) is 5.26 Å². The van der Waals surface area contributed by atoms with E-state index in [1.165, 1.54) is 19.6 Å². The number of nitriles is 1. The Hall–Kier alpha value is -1.80. The van der Waals surface area contributed by atoms with E-state index in [0.29, 0.717) is 5.56 Å². The average molecular weight is 193 g/mol. The minimum absolute atomic E-state index is 0.571. The lowest BCUT2D eigenvalue weighted by Gasteiger charge is -1.98. The van der Waals surface area contributed by atoms with E-state index < -0.39 is 17.7 Å². The predicted molar refractivity (Wildman–Crippen MR) is 42.9 cm³/mol. The van der Waals surface area contributed by atoms with E-state index in [4.69, 9.17) is 14.4 Å². The summed E-state index contributed by atoms with van der Waals surface area (Å²) in [6, 6.07) is 3.45. The van der Waals surface area contributed by atoms with Gasteiger partial charge in [0.1, 0.15) is 12.2 Å². The molecule has 2 rings (SSSR count). The maximum absolute atomic E-state index is 11.2. The topological polar surface area (TPSA) is 75.8 Å². The molecule has 2 atom stereocenters. The number of carbonyl (C=O) groups is 1. The number of furan rings is 1. The number of hydrogen-bond acceptors (Lipinski definition) is 5. The van der Waals surface area contributed by atoms with Gasteiger partial charge in [-0.05, 0) is 6.07 Å². The van der Waals surface area contributed by atoms with Gasteiger partial charge < -0.3 is 13.9 Å². The van der Waals surface area contributed by atoms with Crippen LogP contribution in [0.5, 0.6) is 0 Å². The van der Waals surface area contributed by atoms with E-state index >= 15 is 0 Å². The Bertz CT molecular complexity index is 391. The Balaban J connectivity index is 2.23. The van der Waals surface area contributed by atoms with Crippen molar-refractivity contribution in [3.63, 3.8) is 0 Å². The van der Waals surface area contributed by atoms with Gasteiger partial charge in [-0.2, -0.15) is 5.26 Å². The summed E-state index contributed by atoms with van der Waals surface area (Å²) < 4.78 is 14.4. The van der Waals surface area contributed by atoms with Crippen LogP contribution in [0.25, 0.3) is 0 Å². The number of carbonyl (C=O) groups excluding carboxylic acids is 1. The second kappa shape index (κ2) is 2.86. The molecule has 0 saturated carbocycles. The largest absolute Gasteiger partial charge is 0.472 e. The number of hydrogen-bond donors (Lipinski definition) is 0. The second-order valence-electron chi connectivity index (χ2n) is 2.89. The van der Waals surface area contributed by atoms with Crippen LogP contribution >= 0.6 is 0 Å². The van der Waals surface area contributed by atoms with Crippen LogP contribution < -0.4 is 0 Å². The van der Waals surface area contributed by atoms with Crippen LogP contribution in [0.15, 0.2) is 23.0 Å². The van der Waals surface area contributed by atoms with Crippen LogP contribution in [0.3, 0.4) is 0 Å².